The Labute approximate surface area is 48.2 Å². The van der Waals surface area contributed by atoms with Crippen molar-refractivity contribution in [2.24, 2.45) is 5.92 Å². The zero-order chi connectivity index (χ0) is 5.44. The first-order valence-electron chi connectivity index (χ1n) is 2.70. The maximum Gasteiger partial charge on any atom is 0.240 e. The van der Waals surface area contributed by atoms with Crippen LogP contribution in [0.4, 0.5) is 0 Å². The number of hydrogen-bond acceptors (Lipinski definition) is 0. The maximum atomic E-state index is 2.34. The Morgan fingerprint density at radius 2 is 1.86 bits per heavy atom. The molecule has 0 amide bonds. The lowest BCUT2D eigenvalue weighted by molar-refractivity contribution is -0.871. The molecule has 1 fully saturated rings. The molecule has 1 saturated carbocycles. The minimum atomic E-state index is 1.02. The molecular weight excluding hydrogens is 108 g/mol. The lowest BCUT2D eigenvalue weighted by atomic mass is 10.5. The van der Waals surface area contributed by atoms with E-state index in [1.807, 2.05) is 0 Å². The summed E-state index contributed by atoms with van der Waals surface area (Å²) in [5.74, 6) is 1.04. The van der Waals surface area contributed by atoms with Gasteiger partial charge in [0.15, 0.2) is 0 Å². The molecule has 0 heterocycles. The molecule has 0 aromatic heterocycles. The van der Waals surface area contributed by atoms with E-state index in [1.165, 1.54) is 6.42 Å². The molecule has 1 rings (SSSR count). The van der Waals surface area contributed by atoms with Crippen molar-refractivity contribution in [2.45, 2.75) is 18.7 Å². The van der Waals surface area contributed by atoms with E-state index < -0.39 is 0 Å². The summed E-state index contributed by atoms with van der Waals surface area (Å²) in [7, 11) is 1.02. The number of halogens is 1. The Bertz CT molecular complexity index is 68.6. The van der Waals surface area contributed by atoms with Crippen LogP contribution in [0.1, 0.15) is 13.3 Å². The van der Waals surface area contributed by atoms with Crippen LogP contribution < -0.4 is 0 Å². The molecule has 1 aliphatic rings. The van der Waals surface area contributed by atoms with E-state index in [4.69, 9.17) is 0 Å². The van der Waals surface area contributed by atoms with Crippen LogP contribution in [0.3, 0.4) is 0 Å². The molecule has 42 valence electrons. The van der Waals surface area contributed by atoms with Gasteiger partial charge in [0.25, 0.3) is 0 Å². The Kier molecular flexibility index (Phi) is 1.29. The van der Waals surface area contributed by atoms with E-state index in [2.05, 4.69) is 19.7 Å². The zero-order valence-corrected chi connectivity index (χ0v) is 6.00. The van der Waals surface area contributed by atoms with Gasteiger partial charge in [-0.05, 0) is 9.99 Å². The Hall–Kier alpha value is 0.290. The second kappa shape index (κ2) is 1.66. The molecule has 0 aliphatic heterocycles. The quantitative estimate of drug-likeness (QED) is 0.458. The van der Waals surface area contributed by atoms with E-state index in [1.54, 1.807) is 0 Å². The highest BCUT2D eigenvalue weighted by Crippen LogP contribution is 2.35. The van der Waals surface area contributed by atoms with Crippen LogP contribution in [-0.2, 0) is 0 Å². The fraction of sp³-hybridized carbons (Fsp3) is 1.00. The summed E-state index contributed by atoms with van der Waals surface area (Å²) in [6.07, 6.45) is 6.09. The molecule has 1 aliphatic carbocycles. The van der Waals surface area contributed by atoms with E-state index in [0.29, 0.717) is 0 Å². The summed E-state index contributed by atoms with van der Waals surface area (Å²) in [5.41, 5.74) is 0. The molecule has 0 aromatic rings. The van der Waals surface area contributed by atoms with Crippen molar-refractivity contribution >= 4 is 0 Å². The van der Waals surface area contributed by atoms with E-state index in [9.17, 15) is 0 Å². The van der Waals surface area contributed by atoms with E-state index in [0.717, 1.165) is 21.3 Å². The second-order valence-electron chi connectivity index (χ2n) is 2.54. The van der Waals surface area contributed by atoms with Gasteiger partial charge in [-0.2, -0.15) is 0 Å². The van der Waals surface area contributed by atoms with Crippen molar-refractivity contribution in [3.8, 4) is 0 Å². The smallest absolute Gasteiger partial charge is 0.0514 e. The predicted octanol–water partition coefficient (Wildman–Crippen LogP) is 1.28. The molecule has 0 spiro atoms. The van der Waals surface area contributed by atoms with Gasteiger partial charge < -0.3 is 0 Å². The topological polar surface area (TPSA) is 0 Å². The molecular formula is C6H13Cl+2. The maximum absolute atomic E-state index is 2.34. The summed E-state index contributed by atoms with van der Waals surface area (Å²) in [5, 5.41) is 1.06. The molecule has 0 nitrogen and oxygen atoms in total. The van der Waals surface area contributed by atoms with Gasteiger partial charge in [0.1, 0.15) is 0 Å². The molecule has 2 atom stereocenters. The first kappa shape index (κ1) is 5.43. The van der Waals surface area contributed by atoms with Crippen LogP contribution in [-0.4, -0.2) is 18.1 Å². The van der Waals surface area contributed by atoms with Crippen molar-refractivity contribution in [1.82, 2.24) is 0 Å². The SMILES string of the molecule is C[C@H]1CC1[Cl+2](C)C. The average molecular weight is 121 g/mol. The first-order valence-corrected chi connectivity index (χ1v) is 4.65. The third-order valence-electron chi connectivity index (χ3n) is 1.57. The summed E-state index contributed by atoms with van der Waals surface area (Å²) < 4.78 is 0. The summed E-state index contributed by atoms with van der Waals surface area (Å²) in [4.78, 5) is 0. The standard InChI is InChI=1S/C6H13Cl/c1-5-4-6(5)7(2)3/h5-6H,4H2,1-3H3/q+2/t5-,6?/m0/s1. The van der Waals surface area contributed by atoms with Crippen LogP contribution in [0.25, 0.3) is 0 Å². The lowest BCUT2D eigenvalue weighted by Gasteiger charge is -1.80. The molecule has 0 aromatic carbocycles. The van der Waals surface area contributed by atoms with Crippen LogP contribution >= 0.6 is 0 Å². The molecule has 0 saturated heterocycles. The van der Waals surface area contributed by atoms with Crippen molar-refractivity contribution < 1.29 is 9.99 Å². The van der Waals surface area contributed by atoms with E-state index in [-0.39, 0.29) is 0 Å². The van der Waals surface area contributed by atoms with Crippen molar-refractivity contribution in [1.29, 1.82) is 0 Å². The normalized spacial score (nSPS) is 39.4. The third-order valence-corrected chi connectivity index (χ3v) is 3.30. The monoisotopic (exact) mass is 120 g/mol. The van der Waals surface area contributed by atoms with Gasteiger partial charge in [0, 0.05) is 0 Å². The molecule has 0 radical (unpaired) electrons. The number of alkyl halides is 3. The van der Waals surface area contributed by atoms with Gasteiger partial charge in [-0.1, -0.05) is 6.92 Å². The minimum absolute atomic E-state index is 1.02. The van der Waals surface area contributed by atoms with Crippen LogP contribution in [0, 0.1) is 15.9 Å². The van der Waals surface area contributed by atoms with Gasteiger partial charge in [-0.25, -0.2) is 0 Å². The van der Waals surface area contributed by atoms with Crippen molar-refractivity contribution in [3.05, 3.63) is 0 Å². The molecule has 1 heteroatoms. The number of hydrogen-bond donors (Lipinski definition) is 0. The second-order valence-corrected chi connectivity index (χ2v) is 4.73. The van der Waals surface area contributed by atoms with Gasteiger partial charge in [0.2, 0.25) is 18.1 Å². The van der Waals surface area contributed by atoms with E-state index >= 15 is 0 Å². The van der Waals surface area contributed by atoms with Gasteiger partial charge in [-0.3, -0.25) is 0 Å². The summed E-state index contributed by atoms with van der Waals surface area (Å²) in [6, 6.07) is 0. The van der Waals surface area contributed by atoms with Crippen LogP contribution in [0.5, 0.6) is 0 Å². The van der Waals surface area contributed by atoms with Crippen LogP contribution in [0.2, 0.25) is 0 Å². The number of rotatable bonds is 1. The largest absolute Gasteiger partial charge is 0.240 e. The summed E-state index contributed by atoms with van der Waals surface area (Å²) in [6.45, 7) is 2.34. The Morgan fingerprint density at radius 3 is 1.86 bits per heavy atom. The Balaban J connectivity index is 2.20. The van der Waals surface area contributed by atoms with Gasteiger partial charge >= 0.3 is 0 Å². The van der Waals surface area contributed by atoms with Gasteiger partial charge in [0.05, 0.1) is 12.3 Å². The molecule has 0 bridgehead atoms. The highest BCUT2D eigenvalue weighted by atomic mass is 35.6. The van der Waals surface area contributed by atoms with Crippen LogP contribution in [0.15, 0.2) is 0 Å². The first-order chi connectivity index (χ1) is 3.22. The zero-order valence-electron chi connectivity index (χ0n) is 5.24. The fourth-order valence-corrected chi connectivity index (χ4v) is 2.38. The molecule has 1 unspecified atom stereocenters. The third kappa shape index (κ3) is 1.09. The Morgan fingerprint density at radius 1 is 1.43 bits per heavy atom. The van der Waals surface area contributed by atoms with Gasteiger partial charge in [-0.15, -0.1) is 0 Å². The van der Waals surface area contributed by atoms with Crippen molar-refractivity contribution in [3.63, 3.8) is 0 Å². The lowest BCUT2D eigenvalue weighted by Crippen LogP contribution is -2.02. The average Bonchev–Trinajstić information content (AvgIpc) is 2.17. The highest BCUT2D eigenvalue weighted by molar-refractivity contribution is 4.80. The summed E-state index contributed by atoms with van der Waals surface area (Å²) >= 11 is 0. The predicted molar refractivity (Wildman–Crippen MR) is 29.4 cm³/mol. The molecule has 0 N–H and O–H groups in total. The highest BCUT2D eigenvalue weighted by Gasteiger charge is 2.50. The molecule has 7 heavy (non-hydrogen) atoms. The van der Waals surface area contributed by atoms with Crippen molar-refractivity contribution in [2.75, 3.05) is 12.8 Å². The minimum Gasteiger partial charge on any atom is -0.0514 e. The fourth-order valence-electron chi connectivity index (χ4n) is 0.885.